The molecule has 1 aliphatic carbocycles. The molecular formula is C18H29N. The predicted molar refractivity (Wildman–Crippen MR) is 83.4 cm³/mol. The van der Waals surface area contributed by atoms with Gasteiger partial charge in [0.05, 0.1) is 0 Å². The number of hydrogen-bond acceptors (Lipinski definition) is 1. The first kappa shape index (κ1) is 14.6. The SMILES string of the molecule is CCCNC(c1cccc(CC)c1)C1CCCC1C. The van der Waals surface area contributed by atoms with Crippen LogP contribution in [0.5, 0.6) is 0 Å². The molecule has 19 heavy (non-hydrogen) atoms. The Balaban J connectivity index is 2.20. The normalized spacial score (nSPS) is 24.6. The van der Waals surface area contributed by atoms with Gasteiger partial charge in [-0.15, -0.1) is 0 Å². The van der Waals surface area contributed by atoms with Crippen molar-refractivity contribution >= 4 is 0 Å². The monoisotopic (exact) mass is 259 g/mol. The number of nitrogens with one attached hydrogen (secondary N) is 1. The molecule has 1 nitrogen and oxygen atoms in total. The fraction of sp³-hybridized carbons (Fsp3) is 0.667. The van der Waals surface area contributed by atoms with Gasteiger partial charge in [0.25, 0.3) is 0 Å². The fourth-order valence-electron chi connectivity index (χ4n) is 3.49. The highest BCUT2D eigenvalue weighted by atomic mass is 14.9. The predicted octanol–water partition coefficient (Wildman–Crippen LogP) is 4.73. The van der Waals surface area contributed by atoms with Crippen LogP contribution in [0.4, 0.5) is 0 Å². The van der Waals surface area contributed by atoms with Crippen LogP contribution >= 0.6 is 0 Å². The van der Waals surface area contributed by atoms with Crippen molar-refractivity contribution in [3.63, 3.8) is 0 Å². The van der Waals surface area contributed by atoms with Crippen LogP contribution in [0.25, 0.3) is 0 Å². The lowest BCUT2D eigenvalue weighted by Gasteiger charge is -2.29. The van der Waals surface area contributed by atoms with E-state index in [0.717, 1.165) is 24.8 Å². The van der Waals surface area contributed by atoms with E-state index in [-0.39, 0.29) is 0 Å². The molecule has 0 spiro atoms. The molecule has 2 rings (SSSR count). The second-order valence-electron chi connectivity index (χ2n) is 6.10. The maximum absolute atomic E-state index is 3.81. The van der Waals surface area contributed by atoms with Gasteiger partial charge in [-0.2, -0.15) is 0 Å². The Hall–Kier alpha value is -0.820. The molecule has 1 aliphatic rings. The molecular weight excluding hydrogens is 230 g/mol. The zero-order chi connectivity index (χ0) is 13.7. The minimum atomic E-state index is 0.559. The van der Waals surface area contributed by atoms with E-state index < -0.39 is 0 Å². The number of hydrogen-bond donors (Lipinski definition) is 1. The smallest absolute Gasteiger partial charge is 0.0351 e. The Bertz CT molecular complexity index is 385. The van der Waals surface area contributed by atoms with Gasteiger partial charge in [-0.25, -0.2) is 0 Å². The van der Waals surface area contributed by atoms with Gasteiger partial charge in [0.15, 0.2) is 0 Å². The van der Waals surface area contributed by atoms with Crippen molar-refractivity contribution in [3.8, 4) is 0 Å². The molecule has 106 valence electrons. The third-order valence-corrected chi connectivity index (χ3v) is 4.69. The summed E-state index contributed by atoms with van der Waals surface area (Å²) in [6.45, 7) is 8.06. The van der Waals surface area contributed by atoms with E-state index in [1.165, 1.54) is 36.8 Å². The van der Waals surface area contributed by atoms with Gasteiger partial charge in [-0.05, 0) is 48.8 Å². The summed E-state index contributed by atoms with van der Waals surface area (Å²) in [6, 6.07) is 9.77. The maximum Gasteiger partial charge on any atom is 0.0351 e. The first-order valence-electron chi connectivity index (χ1n) is 8.08. The van der Waals surface area contributed by atoms with Gasteiger partial charge in [-0.3, -0.25) is 0 Å². The van der Waals surface area contributed by atoms with Gasteiger partial charge in [0, 0.05) is 6.04 Å². The fourth-order valence-corrected chi connectivity index (χ4v) is 3.49. The lowest BCUT2D eigenvalue weighted by molar-refractivity contribution is 0.302. The summed E-state index contributed by atoms with van der Waals surface area (Å²) >= 11 is 0. The largest absolute Gasteiger partial charge is 0.310 e. The summed E-state index contributed by atoms with van der Waals surface area (Å²) in [5.41, 5.74) is 2.97. The second kappa shape index (κ2) is 7.09. The zero-order valence-corrected chi connectivity index (χ0v) is 12.8. The number of rotatable bonds is 6. The average Bonchev–Trinajstić information content (AvgIpc) is 2.86. The summed E-state index contributed by atoms with van der Waals surface area (Å²) in [4.78, 5) is 0. The highest BCUT2D eigenvalue weighted by Gasteiger charge is 2.31. The molecule has 1 fully saturated rings. The van der Waals surface area contributed by atoms with Crippen LogP contribution in [-0.4, -0.2) is 6.54 Å². The van der Waals surface area contributed by atoms with Crippen LogP contribution in [0.15, 0.2) is 24.3 Å². The molecule has 0 aromatic heterocycles. The van der Waals surface area contributed by atoms with Crippen molar-refractivity contribution in [1.29, 1.82) is 0 Å². The van der Waals surface area contributed by atoms with Gasteiger partial charge in [0.1, 0.15) is 0 Å². The number of benzene rings is 1. The highest BCUT2D eigenvalue weighted by molar-refractivity contribution is 5.27. The third kappa shape index (κ3) is 3.60. The van der Waals surface area contributed by atoms with Gasteiger partial charge < -0.3 is 5.32 Å². The standard InChI is InChI=1S/C18H29N/c1-4-12-19-18(17-11-6-8-14(17)3)16-10-7-9-15(5-2)13-16/h7,9-10,13-14,17-19H,4-6,8,11-12H2,1-3H3. The van der Waals surface area contributed by atoms with Crippen molar-refractivity contribution in [1.82, 2.24) is 5.32 Å². The molecule has 1 aromatic rings. The topological polar surface area (TPSA) is 12.0 Å². The molecule has 1 saturated carbocycles. The number of aryl methyl sites for hydroxylation is 1. The van der Waals surface area contributed by atoms with Crippen molar-refractivity contribution in [2.24, 2.45) is 11.8 Å². The highest BCUT2D eigenvalue weighted by Crippen LogP contribution is 2.40. The van der Waals surface area contributed by atoms with Crippen LogP contribution in [0.2, 0.25) is 0 Å². The minimum absolute atomic E-state index is 0.559. The van der Waals surface area contributed by atoms with Crippen molar-refractivity contribution < 1.29 is 0 Å². The Labute approximate surface area is 118 Å². The molecule has 1 heteroatoms. The van der Waals surface area contributed by atoms with Crippen molar-refractivity contribution in [2.45, 2.75) is 58.9 Å². The van der Waals surface area contributed by atoms with Gasteiger partial charge >= 0.3 is 0 Å². The summed E-state index contributed by atoms with van der Waals surface area (Å²) in [7, 11) is 0. The minimum Gasteiger partial charge on any atom is -0.310 e. The van der Waals surface area contributed by atoms with Crippen LogP contribution in [0, 0.1) is 11.8 Å². The summed E-state index contributed by atoms with van der Waals surface area (Å²) in [6.07, 6.45) is 6.55. The van der Waals surface area contributed by atoms with Gasteiger partial charge in [-0.1, -0.05) is 57.9 Å². The molecule has 3 atom stereocenters. The van der Waals surface area contributed by atoms with Crippen LogP contribution < -0.4 is 5.32 Å². The molecule has 1 N–H and O–H groups in total. The molecule has 0 aliphatic heterocycles. The second-order valence-corrected chi connectivity index (χ2v) is 6.10. The molecule has 0 bridgehead atoms. The van der Waals surface area contributed by atoms with E-state index in [9.17, 15) is 0 Å². The zero-order valence-electron chi connectivity index (χ0n) is 12.8. The van der Waals surface area contributed by atoms with Crippen molar-refractivity contribution in [2.75, 3.05) is 6.54 Å². The van der Waals surface area contributed by atoms with E-state index in [2.05, 4.69) is 50.4 Å². The summed E-state index contributed by atoms with van der Waals surface area (Å²) in [5, 5.41) is 3.81. The Morgan fingerprint density at radius 2 is 2.11 bits per heavy atom. The van der Waals surface area contributed by atoms with E-state index in [1.54, 1.807) is 0 Å². The van der Waals surface area contributed by atoms with E-state index >= 15 is 0 Å². The molecule has 0 amide bonds. The van der Waals surface area contributed by atoms with Crippen LogP contribution in [0.1, 0.15) is 63.6 Å². The molecule has 3 unspecified atom stereocenters. The van der Waals surface area contributed by atoms with E-state index in [4.69, 9.17) is 0 Å². The molecule has 0 saturated heterocycles. The summed E-state index contributed by atoms with van der Waals surface area (Å²) in [5.74, 6) is 1.68. The maximum atomic E-state index is 3.81. The Kier molecular flexibility index (Phi) is 5.45. The lowest BCUT2D eigenvalue weighted by Crippen LogP contribution is -2.30. The summed E-state index contributed by atoms with van der Waals surface area (Å²) < 4.78 is 0. The van der Waals surface area contributed by atoms with Crippen molar-refractivity contribution in [3.05, 3.63) is 35.4 Å². The lowest BCUT2D eigenvalue weighted by atomic mass is 9.85. The third-order valence-electron chi connectivity index (χ3n) is 4.69. The Morgan fingerprint density at radius 3 is 2.74 bits per heavy atom. The Morgan fingerprint density at radius 1 is 1.26 bits per heavy atom. The quantitative estimate of drug-likeness (QED) is 0.779. The van der Waals surface area contributed by atoms with Gasteiger partial charge in [0.2, 0.25) is 0 Å². The van der Waals surface area contributed by atoms with E-state index in [0.29, 0.717) is 6.04 Å². The molecule has 0 radical (unpaired) electrons. The van der Waals surface area contributed by atoms with Crippen LogP contribution in [0.3, 0.4) is 0 Å². The van der Waals surface area contributed by atoms with Crippen LogP contribution in [-0.2, 0) is 6.42 Å². The average molecular weight is 259 g/mol. The first-order chi connectivity index (χ1) is 9.26. The molecule has 1 aromatic carbocycles. The first-order valence-corrected chi connectivity index (χ1v) is 8.08. The molecule has 0 heterocycles. The van der Waals surface area contributed by atoms with E-state index in [1.807, 2.05) is 0 Å².